The SMILES string of the molecule is CN(C(=O)c1cccc(NN)n1)C1CCCCCC1. The zero-order chi connectivity index (χ0) is 13.7. The molecule has 0 bridgehead atoms. The minimum atomic E-state index is -0.0241. The summed E-state index contributed by atoms with van der Waals surface area (Å²) in [7, 11) is 1.88. The number of carbonyl (C=O) groups excluding carboxylic acids is 1. The van der Waals surface area contributed by atoms with Gasteiger partial charge in [-0.2, -0.15) is 0 Å². The summed E-state index contributed by atoms with van der Waals surface area (Å²) in [5, 5.41) is 0. The van der Waals surface area contributed by atoms with Gasteiger partial charge >= 0.3 is 0 Å². The summed E-state index contributed by atoms with van der Waals surface area (Å²) in [5.41, 5.74) is 2.92. The molecule has 0 aromatic carbocycles. The van der Waals surface area contributed by atoms with Gasteiger partial charge in [0.05, 0.1) is 0 Å². The van der Waals surface area contributed by atoms with Crippen LogP contribution in [0.4, 0.5) is 5.82 Å². The monoisotopic (exact) mass is 262 g/mol. The molecule has 3 N–H and O–H groups in total. The van der Waals surface area contributed by atoms with Crippen molar-refractivity contribution >= 4 is 11.7 Å². The second-order valence-electron chi connectivity index (χ2n) is 5.11. The van der Waals surface area contributed by atoms with E-state index in [-0.39, 0.29) is 5.91 Å². The second-order valence-corrected chi connectivity index (χ2v) is 5.11. The van der Waals surface area contributed by atoms with Gasteiger partial charge in [-0.25, -0.2) is 10.8 Å². The maximum atomic E-state index is 12.4. The number of rotatable bonds is 3. The Bertz CT molecular complexity index is 427. The van der Waals surface area contributed by atoms with E-state index in [9.17, 15) is 4.79 Å². The number of anilines is 1. The summed E-state index contributed by atoms with van der Waals surface area (Å²) in [5.74, 6) is 5.81. The molecule has 1 aromatic rings. The van der Waals surface area contributed by atoms with Crippen LogP contribution in [0.25, 0.3) is 0 Å². The molecule has 0 spiro atoms. The Morgan fingerprint density at radius 1 is 1.32 bits per heavy atom. The first-order chi connectivity index (χ1) is 9.22. The summed E-state index contributed by atoms with van der Waals surface area (Å²) >= 11 is 0. The molecule has 1 amide bonds. The lowest BCUT2D eigenvalue weighted by atomic mass is 10.1. The first-order valence-electron chi connectivity index (χ1n) is 6.93. The normalized spacial score (nSPS) is 16.7. The van der Waals surface area contributed by atoms with Crippen LogP contribution in [0.1, 0.15) is 49.0 Å². The Kier molecular flexibility index (Phi) is 4.74. The number of pyridine rings is 1. The number of aromatic nitrogens is 1. The highest BCUT2D eigenvalue weighted by Crippen LogP contribution is 2.22. The molecule has 0 aliphatic heterocycles. The predicted molar refractivity (Wildman–Crippen MR) is 75.6 cm³/mol. The van der Waals surface area contributed by atoms with E-state index in [0.717, 1.165) is 12.8 Å². The van der Waals surface area contributed by atoms with Gasteiger partial charge in [-0.3, -0.25) is 4.79 Å². The molecule has 5 nitrogen and oxygen atoms in total. The Hall–Kier alpha value is -1.62. The largest absolute Gasteiger partial charge is 0.337 e. The quantitative estimate of drug-likeness (QED) is 0.497. The van der Waals surface area contributed by atoms with Crippen LogP contribution in [-0.2, 0) is 0 Å². The van der Waals surface area contributed by atoms with Crippen molar-refractivity contribution in [1.82, 2.24) is 9.88 Å². The van der Waals surface area contributed by atoms with Crippen molar-refractivity contribution in [1.29, 1.82) is 0 Å². The molecule has 19 heavy (non-hydrogen) atoms. The minimum absolute atomic E-state index is 0.0241. The van der Waals surface area contributed by atoms with Crippen molar-refractivity contribution in [2.24, 2.45) is 5.84 Å². The Labute approximate surface area is 114 Å². The average molecular weight is 262 g/mol. The number of nitrogens with two attached hydrogens (primary N) is 1. The summed E-state index contributed by atoms with van der Waals surface area (Å²) in [6, 6.07) is 5.60. The fraction of sp³-hybridized carbons (Fsp3) is 0.571. The van der Waals surface area contributed by atoms with Crippen molar-refractivity contribution in [3.05, 3.63) is 23.9 Å². The molecule has 104 valence electrons. The van der Waals surface area contributed by atoms with E-state index in [0.29, 0.717) is 17.6 Å². The number of hydrazine groups is 1. The highest BCUT2D eigenvalue weighted by Gasteiger charge is 2.22. The van der Waals surface area contributed by atoms with Gasteiger partial charge in [0.25, 0.3) is 5.91 Å². The van der Waals surface area contributed by atoms with Gasteiger partial charge in [0, 0.05) is 13.1 Å². The smallest absolute Gasteiger partial charge is 0.272 e. The molecule has 0 unspecified atom stereocenters. The van der Waals surface area contributed by atoms with Gasteiger partial charge in [-0.05, 0) is 25.0 Å². The summed E-state index contributed by atoms with van der Waals surface area (Å²) < 4.78 is 0. The van der Waals surface area contributed by atoms with Crippen LogP contribution in [0, 0.1) is 0 Å². The number of carbonyl (C=O) groups is 1. The third-order valence-corrected chi connectivity index (χ3v) is 3.81. The van der Waals surface area contributed by atoms with Gasteiger partial charge in [-0.1, -0.05) is 31.7 Å². The van der Waals surface area contributed by atoms with E-state index in [1.165, 1.54) is 25.7 Å². The maximum absolute atomic E-state index is 12.4. The fourth-order valence-corrected chi connectivity index (χ4v) is 2.63. The zero-order valence-corrected chi connectivity index (χ0v) is 11.4. The number of nitrogen functional groups attached to an aromatic ring is 1. The first-order valence-corrected chi connectivity index (χ1v) is 6.93. The predicted octanol–water partition coefficient (Wildman–Crippen LogP) is 2.16. The maximum Gasteiger partial charge on any atom is 0.272 e. The van der Waals surface area contributed by atoms with Crippen LogP contribution >= 0.6 is 0 Å². The first kappa shape index (κ1) is 13.8. The minimum Gasteiger partial charge on any atom is -0.337 e. The second kappa shape index (κ2) is 6.52. The number of amides is 1. The molecule has 1 aliphatic carbocycles. The molecular weight excluding hydrogens is 240 g/mol. The lowest BCUT2D eigenvalue weighted by Gasteiger charge is -2.27. The van der Waals surface area contributed by atoms with Crippen LogP contribution < -0.4 is 11.3 Å². The summed E-state index contributed by atoms with van der Waals surface area (Å²) in [4.78, 5) is 18.5. The lowest BCUT2D eigenvalue weighted by molar-refractivity contribution is 0.0712. The molecule has 1 aromatic heterocycles. The molecular formula is C14H22N4O. The highest BCUT2D eigenvalue weighted by molar-refractivity contribution is 5.92. The Balaban J connectivity index is 2.08. The standard InChI is InChI=1S/C14H22N4O/c1-18(11-7-4-2-3-5-8-11)14(19)12-9-6-10-13(16-12)17-15/h6,9-11H,2-5,7-8,15H2,1H3,(H,16,17). The average Bonchev–Trinajstić information content (AvgIpc) is 2.75. The molecule has 1 saturated carbocycles. The number of hydrogen-bond acceptors (Lipinski definition) is 4. The van der Waals surface area contributed by atoms with Gasteiger partial charge in [0.2, 0.25) is 0 Å². The van der Waals surface area contributed by atoms with E-state index in [1.54, 1.807) is 18.2 Å². The molecule has 0 atom stereocenters. The molecule has 5 heteroatoms. The van der Waals surface area contributed by atoms with Crippen LogP contribution in [0.3, 0.4) is 0 Å². The number of nitrogens with zero attached hydrogens (tertiary/aromatic N) is 2. The van der Waals surface area contributed by atoms with E-state index in [2.05, 4.69) is 10.4 Å². The van der Waals surface area contributed by atoms with E-state index < -0.39 is 0 Å². The molecule has 1 aliphatic rings. The Morgan fingerprint density at radius 2 is 2.00 bits per heavy atom. The van der Waals surface area contributed by atoms with E-state index >= 15 is 0 Å². The lowest BCUT2D eigenvalue weighted by Crippen LogP contribution is -2.37. The molecule has 2 rings (SSSR count). The Morgan fingerprint density at radius 3 is 2.63 bits per heavy atom. The van der Waals surface area contributed by atoms with Crippen molar-refractivity contribution in [3.8, 4) is 0 Å². The van der Waals surface area contributed by atoms with Crippen molar-refractivity contribution in [3.63, 3.8) is 0 Å². The van der Waals surface area contributed by atoms with Crippen molar-refractivity contribution in [2.75, 3.05) is 12.5 Å². The topological polar surface area (TPSA) is 71.2 Å². The van der Waals surface area contributed by atoms with Gasteiger partial charge in [0.1, 0.15) is 11.5 Å². The molecule has 0 saturated heterocycles. The van der Waals surface area contributed by atoms with Crippen LogP contribution in [0.2, 0.25) is 0 Å². The third kappa shape index (κ3) is 3.44. The van der Waals surface area contributed by atoms with Crippen LogP contribution in [0.15, 0.2) is 18.2 Å². The van der Waals surface area contributed by atoms with Crippen molar-refractivity contribution < 1.29 is 4.79 Å². The molecule has 0 radical (unpaired) electrons. The number of nitrogens with one attached hydrogen (secondary N) is 1. The van der Waals surface area contributed by atoms with E-state index in [4.69, 9.17) is 5.84 Å². The van der Waals surface area contributed by atoms with Gasteiger partial charge in [0.15, 0.2) is 0 Å². The fourth-order valence-electron chi connectivity index (χ4n) is 2.63. The molecule has 1 heterocycles. The van der Waals surface area contributed by atoms with Crippen LogP contribution in [-0.4, -0.2) is 28.9 Å². The summed E-state index contributed by atoms with van der Waals surface area (Å²) in [6.45, 7) is 0. The van der Waals surface area contributed by atoms with Gasteiger partial charge in [-0.15, -0.1) is 0 Å². The van der Waals surface area contributed by atoms with Gasteiger partial charge < -0.3 is 10.3 Å². The third-order valence-electron chi connectivity index (χ3n) is 3.81. The summed E-state index contributed by atoms with van der Waals surface area (Å²) in [6.07, 6.45) is 7.17. The zero-order valence-electron chi connectivity index (χ0n) is 11.4. The van der Waals surface area contributed by atoms with Crippen molar-refractivity contribution in [2.45, 2.75) is 44.6 Å². The highest BCUT2D eigenvalue weighted by atomic mass is 16.2. The van der Waals surface area contributed by atoms with Crippen LogP contribution in [0.5, 0.6) is 0 Å². The molecule has 1 fully saturated rings. The van der Waals surface area contributed by atoms with E-state index in [1.807, 2.05) is 11.9 Å². The number of hydrogen-bond donors (Lipinski definition) is 2.